The van der Waals surface area contributed by atoms with E-state index in [1.54, 1.807) is 0 Å². The number of aromatic nitrogens is 4. The fraction of sp³-hybridized carbons (Fsp3) is 0.286. The molecule has 0 amide bonds. The van der Waals surface area contributed by atoms with E-state index < -0.39 is 0 Å². The number of benzene rings is 1. The molecule has 19 heavy (non-hydrogen) atoms. The molecule has 0 fully saturated rings. The highest BCUT2D eigenvalue weighted by Gasteiger charge is 2.15. The van der Waals surface area contributed by atoms with Crippen molar-refractivity contribution in [2.75, 3.05) is 7.05 Å². The van der Waals surface area contributed by atoms with E-state index in [2.05, 4.69) is 25.9 Å². The Morgan fingerprint density at radius 2 is 2.11 bits per heavy atom. The zero-order chi connectivity index (χ0) is 13.2. The first kappa shape index (κ1) is 11.9. The maximum absolute atomic E-state index is 4.42. The summed E-state index contributed by atoms with van der Waals surface area (Å²) in [7, 11) is 3.97. The lowest BCUT2D eigenvalue weighted by Crippen LogP contribution is -2.24. The Balaban J connectivity index is 1.93. The van der Waals surface area contributed by atoms with Crippen LogP contribution in [-0.4, -0.2) is 26.1 Å². The van der Waals surface area contributed by atoms with Gasteiger partial charge in [-0.3, -0.25) is 0 Å². The third-order valence-electron chi connectivity index (χ3n) is 3.43. The van der Waals surface area contributed by atoms with Gasteiger partial charge in [0, 0.05) is 26.0 Å². The molecule has 0 aliphatic heterocycles. The Hall–Kier alpha value is -2.14. The molecular formula is C14H17N5. The van der Waals surface area contributed by atoms with Gasteiger partial charge < -0.3 is 14.5 Å². The smallest absolute Gasteiger partial charge is 0.127 e. The van der Waals surface area contributed by atoms with Crippen molar-refractivity contribution in [2.45, 2.75) is 12.6 Å². The quantitative estimate of drug-likeness (QED) is 0.772. The van der Waals surface area contributed by atoms with Crippen molar-refractivity contribution in [3.8, 4) is 0 Å². The minimum atomic E-state index is 0.164. The van der Waals surface area contributed by atoms with E-state index in [4.69, 9.17) is 0 Å². The van der Waals surface area contributed by atoms with Crippen LogP contribution in [0.4, 0.5) is 0 Å². The molecular weight excluding hydrogens is 238 g/mol. The topological polar surface area (TPSA) is 47.7 Å². The summed E-state index contributed by atoms with van der Waals surface area (Å²) >= 11 is 0. The molecule has 0 radical (unpaired) electrons. The van der Waals surface area contributed by atoms with Crippen molar-refractivity contribution in [1.29, 1.82) is 0 Å². The second-order valence-corrected chi connectivity index (χ2v) is 4.62. The Morgan fingerprint density at radius 3 is 2.84 bits per heavy atom. The van der Waals surface area contributed by atoms with Crippen LogP contribution in [0.1, 0.15) is 11.9 Å². The van der Waals surface area contributed by atoms with Gasteiger partial charge >= 0.3 is 0 Å². The minimum Gasteiger partial charge on any atom is -0.337 e. The number of aryl methyl sites for hydroxylation is 1. The second kappa shape index (κ2) is 4.85. The first-order valence-electron chi connectivity index (χ1n) is 6.34. The average Bonchev–Trinajstić information content (AvgIpc) is 3.03. The molecule has 3 rings (SSSR count). The van der Waals surface area contributed by atoms with Gasteiger partial charge in [0.1, 0.15) is 5.82 Å². The molecule has 0 saturated carbocycles. The highest BCUT2D eigenvalue weighted by atomic mass is 15.1. The summed E-state index contributed by atoms with van der Waals surface area (Å²) in [6.45, 7) is 0.807. The summed E-state index contributed by atoms with van der Waals surface area (Å²) in [6, 6.07) is 8.33. The molecule has 1 N–H and O–H groups in total. The van der Waals surface area contributed by atoms with E-state index in [0.29, 0.717) is 0 Å². The number of nitrogens with zero attached hydrogens (tertiary/aromatic N) is 4. The van der Waals surface area contributed by atoms with Crippen LogP contribution < -0.4 is 5.32 Å². The molecule has 1 unspecified atom stereocenters. The third kappa shape index (κ3) is 2.13. The van der Waals surface area contributed by atoms with E-state index in [1.807, 2.05) is 55.6 Å². The van der Waals surface area contributed by atoms with Crippen molar-refractivity contribution in [1.82, 2.24) is 24.4 Å². The summed E-state index contributed by atoms with van der Waals surface area (Å²) in [5.41, 5.74) is 2.18. The molecule has 1 atom stereocenters. The first-order chi connectivity index (χ1) is 9.29. The highest BCUT2D eigenvalue weighted by molar-refractivity contribution is 5.74. The van der Waals surface area contributed by atoms with Crippen LogP contribution in [0, 0.1) is 0 Å². The molecule has 0 aliphatic rings. The summed E-state index contributed by atoms with van der Waals surface area (Å²) < 4.78 is 4.20. The van der Waals surface area contributed by atoms with E-state index in [1.165, 1.54) is 0 Å². The third-order valence-corrected chi connectivity index (χ3v) is 3.43. The fourth-order valence-electron chi connectivity index (χ4n) is 2.37. The van der Waals surface area contributed by atoms with Crippen molar-refractivity contribution < 1.29 is 0 Å². The highest BCUT2D eigenvalue weighted by Crippen LogP contribution is 2.17. The van der Waals surface area contributed by atoms with Crippen molar-refractivity contribution in [2.24, 2.45) is 7.05 Å². The van der Waals surface area contributed by atoms with Gasteiger partial charge in [0.25, 0.3) is 0 Å². The van der Waals surface area contributed by atoms with Crippen LogP contribution in [0.25, 0.3) is 11.0 Å². The Kier molecular flexibility index (Phi) is 3.05. The van der Waals surface area contributed by atoms with E-state index in [-0.39, 0.29) is 6.04 Å². The number of fused-ring (bicyclic) bond motifs is 1. The number of hydrogen-bond donors (Lipinski definition) is 1. The van der Waals surface area contributed by atoms with Crippen molar-refractivity contribution in [3.63, 3.8) is 0 Å². The zero-order valence-electron chi connectivity index (χ0n) is 11.1. The minimum absolute atomic E-state index is 0.164. The number of hydrogen-bond acceptors (Lipinski definition) is 3. The lowest BCUT2D eigenvalue weighted by Gasteiger charge is -2.17. The molecule has 2 heterocycles. The first-order valence-corrected chi connectivity index (χ1v) is 6.34. The standard InChI is InChI=1S/C14H17N5/c1-15-12(14-16-7-8-18(14)2)9-19-10-17-11-5-3-4-6-13(11)19/h3-8,10,12,15H,9H2,1-2H3. The number of likely N-dealkylation sites (N-methyl/N-ethyl adjacent to an activating group) is 1. The Morgan fingerprint density at radius 1 is 1.26 bits per heavy atom. The molecule has 0 aliphatic carbocycles. The van der Waals surface area contributed by atoms with Crippen LogP contribution in [0.5, 0.6) is 0 Å². The second-order valence-electron chi connectivity index (χ2n) is 4.62. The van der Waals surface area contributed by atoms with Crippen LogP contribution in [0.15, 0.2) is 43.0 Å². The maximum Gasteiger partial charge on any atom is 0.127 e. The molecule has 5 heteroatoms. The summed E-state index contributed by atoms with van der Waals surface area (Å²) in [5.74, 6) is 1.03. The molecule has 1 aromatic carbocycles. The van der Waals surface area contributed by atoms with Crippen LogP contribution in [0.2, 0.25) is 0 Å². The van der Waals surface area contributed by atoms with Crippen molar-refractivity contribution >= 4 is 11.0 Å². The van der Waals surface area contributed by atoms with Crippen molar-refractivity contribution in [3.05, 3.63) is 48.8 Å². The van der Waals surface area contributed by atoms with Gasteiger partial charge in [-0.1, -0.05) is 12.1 Å². The summed E-state index contributed by atoms with van der Waals surface area (Å²) in [6.07, 6.45) is 5.68. The predicted molar refractivity (Wildman–Crippen MR) is 74.7 cm³/mol. The zero-order valence-corrected chi connectivity index (χ0v) is 11.1. The Bertz CT molecular complexity index is 682. The molecule has 5 nitrogen and oxygen atoms in total. The fourth-order valence-corrected chi connectivity index (χ4v) is 2.37. The molecule has 3 aromatic rings. The van der Waals surface area contributed by atoms with E-state index in [9.17, 15) is 0 Å². The SMILES string of the molecule is CNC(Cn1cnc2ccccc21)c1nccn1C. The lowest BCUT2D eigenvalue weighted by atomic mass is 10.2. The number of imidazole rings is 2. The van der Waals surface area contributed by atoms with Gasteiger partial charge in [-0.2, -0.15) is 0 Å². The van der Waals surface area contributed by atoms with E-state index >= 15 is 0 Å². The predicted octanol–water partition coefficient (Wildman–Crippen LogP) is 1.73. The van der Waals surface area contributed by atoms with Crippen LogP contribution >= 0.6 is 0 Å². The van der Waals surface area contributed by atoms with Gasteiger partial charge in [-0.15, -0.1) is 0 Å². The Labute approximate surface area is 111 Å². The lowest BCUT2D eigenvalue weighted by molar-refractivity contribution is 0.472. The molecule has 0 bridgehead atoms. The molecule has 2 aromatic heterocycles. The number of nitrogens with one attached hydrogen (secondary N) is 1. The maximum atomic E-state index is 4.42. The number of para-hydroxylation sites is 2. The normalized spacial score (nSPS) is 12.9. The van der Waals surface area contributed by atoms with Gasteiger partial charge in [-0.05, 0) is 19.2 Å². The molecule has 0 saturated heterocycles. The summed E-state index contributed by atoms with van der Waals surface area (Å²) in [5, 5.41) is 3.32. The van der Waals surface area contributed by atoms with Gasteiger partial charge in [0.15, 0.2) is 0 Å². The molecule has 0 spiro atoms. The molecule has 98 valence electrons. The average molecular weight is 255 g/mol. The van der Waals surface area contributed by atoms with Gasteiger partial charge in [-0.25, -0.2) is 9.97 Å². The summed E-state index contributed by atoms with van der Waals surface area (Å²) in [4.78, 5) is 8.83. The van der Waals surface area contributed by atoms with Crippen LogP contribution in [0.3, 0.4) is 0 Å². The van der Waals surface area contributed by atoms with Gasteiger partial charge in [0.05, 0.1) is 23.4 Å². The van der Waals surface area contributed by atoms with Gasteiger partial charge in [0.2, 0.25) is 0 Å². The monoisotopic (exact) mass is 255 g/mol. The number of rotatable bonds is 4. The van der Waals surface area contributed by atoms with E-state index in [0.717, 1.165) is 23.4 Å². The van der Waals surface area contributed by atoms with Crippen LogP contribution in [-0.2, 0) is 13.6 Å². The largest absolute Gasteiger partial charge is 0.337 e.